The van der Waals surface area contributed by atoms with Gasteiger partial charge in [-0.3, -0.25) is 4.79 Å². The first-order chi connectivity index (χ1) is 10.1. The zero-order valence-electron chi connectivity index (χ0n) is 12.7. The molecule has 0 saturated carbocycles. The summed E-state index contributed by atoms with van der Waals surface area (Å²) in [5.41, 5.74) is 3.31. The quantitative estimate of drug-likeness (QED) is 0.855. The van der Waals surface area contributed by atoms with Gasteiger partial charge >= 0.3 is 0 Å². The standard InChI is InChI=1S/C15H20N4O2/c1-9-12(15(21-3)19(2)18-9)13-16-11-8-6-4-5-7-10(11)14(20)17-13/h4-8H2,1-3H3,(H,16,17,20). The molecule has 3 rings (SSSR count). The lowest BCUT2D eigenvalue weighted by molar-refractivity contribution is 0.374. The van der Waals surface area contributed by atoms with Crippen molar-refractivity contribution in [3.8, 4) is 17.3 Å². The number of nitrogens with zero attached hydrogens (tertiary/aromatic N) is 3. The summed E-state index contributed by atoms with van der Waals surface area (Å²) in [6.07, 6.45) is 4.99. The van der Waals surface area contributed by atoms with Gasteiger partial charge in [-0.2, -0.15) is 5.10 Å². The second-order valence-corrected chi connectivity index (χ2v) is 5.49. The Hall–Kier alpha value is -2.11. The Balaban J connectivity index is 2.19. The van der Waals surface area contributed by atoms with Crippen molar-refractivity contribution in [3.63, 3.8) is 0 Å². The first kappa shape index (κ1) is 13.9. The van der Waals surface area contributed by atoms with Crippen LogP contribution in [0, 0.1) is 6.92 Å². The first-order valence-corrected chi connectivity index (χ1v) is 7.32. The summed E-state index contributed by atoms with van der Waals surface area (Å²) in [7, 11) is 3.42. The zero-order chi connectivity index (χ0) is 15.0. The number of rotatable bonds is 2. The fourth-order valence-corrected chi connectivity index (χ4v) is 3.04. The molecule has 0 aliphatic heterocycles. The lowest BCUT2D eigenvalue weighted by atomic mass is 10.1. The zero-order valence-corrected chi connectivity index (χ0v) is 12.7. The van der Waals surface area contributed by atoms with E-state index in [1.807, 2.05) is 14.0 Å². The van der Waals surface area contributed by atoms with Gasteiger partial charge in [0.15, 0.2) is 0 Å². The number of fused-ring (bicyclic) bond motifs is 1. The van der Waals surface area contributed by atoms with Crippen LogP contribution in [0.15, 0.2) is 4.79 Å². The van der Waals surface area contributed by atoms with Gasteiger partial charge in [-0.1, -0.05) is 6.42 Å². The van der Waals surface area contributed by atoms with Gasteiger partial charge in [0, 0.05) is 12.6 Å². The van der Waals surface area contributed by atoms with E-state index in [1.165, 1.54) is 0 Å². The van der Waals surface area contributed by atoms with Crippen LogP contribution in [0.3, 0.4) is 0 Å². The molecule has 2 aromatic heterocycles. The van der Waals surface area contributed by atoms with Crippen LogP contribution in [0.2, 0.25) is 0 Å². The summed E-state index contributed by atoms with van der Waals surface area (Å²) in [5.74, 6) is 1.17. The Bertz CT molecular complexity index is 730. The third-order valence-corrected chi connectivity index (χ3v) is 4.04. The van der Waals surface area contributed by atoms with Gasteiger partial charge in [0.25, 0.3) is 5.56 Å². The van der Waals surface area contributed by atoms with E-state index in [9.17, 15) is 4.79 Å². The summed E-state index contributed by atoms with van der Waals surface area (Å²) < 4.78 is 7.06. The molecular weight excluding hydrogens is 268 g/mol. The van der Waals surface area contributed by atoms with Crippen LogP contribution >= 0.6 is 0 Å². The Morgan fingerprint density at radius 2 is 2.00 bits per heavy atom. The van der Waals surface area contributed by atoms with E-state index >= 15 is 0 Å². The number of aromatic amines is 1. The van der Waals surface area contributed by atoms with Crippen molar-refractivity contribution in [2.24, 2.45) is 7.05 Å². The normalized spacial score (nSPS) is 14.6. The third kappa shape index (κ3) is 2.34. The SMILES string of the molecule is COc1c(-c2nc3c(c(=O)[nH]2)CCCCC3)c(C)nn1C. The minimum Gasteiger partial charge on any atom is -0.481 e. The fraction of sp³-hybridized carbons (Fsp3) is 0.533. The maximum Gasteiger partial charge on any atom is 0.254 e. The van der Waals surface area contributed by atoms with E-state index in [0.29, 0.717) is 11.7 Å². The van der Waals surface area contributed by atoms with Crippen LogP contribution in [0.5, 0.6) is 5.88 Å². The average molecular weight is 288 g/mol. The van der Waals surface area contributed by atoms with Crippen LogP contribution in [0.1, 0.15) is 36.2 Å². The Morgan fingerprint density at radius 1 is 1.24 bits per heavy atom. The van der Waals surface area contributed by atoms with Gasteiger partial charge in [0.05, 0.1) is 18.5 Å². The Kier molecular flexibility index (Phi) is 3.53. The predicted molar refractivity (Wildman–Crippen MR) is 79.6 cm³/mol. The molecule has 0 saturated heterocycles. The summed E-state index contributed by atoms with van der Waals surface area (Å²) in [6.45, 7) is 1.89. The van der Waals surface area contributed by atoms with E-state index in [-0.39, 0.29) is 5.56 Å². The Morgan fingerprint density at radius 3 is 2.76 bits per heavy atom. The number of aryl methyl sites for hydroxylation is 3. The summed E-state index contributed by atoms with van der Waals surface area (Å²) in [4.78, 5) is 20.0. The summed E-state index contributed by atoms with van der Waals surface area (Å²) in [5, 5.41) is 4.35. The number of H-pyrrole nitrogens is 1. The molecule has 1 aliphatic rings. The van der Waals surface area contributed by atoms with Crippen molar-refractivity contribution >= 4 is 0 Å². The van der Waals surface area contributed by atoms with E-state index in [4.69, 9.17) is 9.72 Å². The predicted octanol–water partition coefficient (Wildman–Crippen LogP) is 1.76. The fourth-order valence-electron chi connectivity index (χ4n) is 3.04. The molecule has 0 aromatic carbocycles. The first-order valence-electron chi connectivity index (χ1n) is 7.32. The maximum absolute atomic E-state index is 12.4. The number of ether oxygens (including phenoxy) is 1. The molecule has 2 aromatic rings. The topological polar surface area (TPSA) is 72.8 Å². The molecule has 1 N–H and O–H groups in total. The Labute approximate surface area is 123 Å². The number of hydrogen-bond donors (Lipinski definition) is 1. The third-order valence-electron chi connectivity index (χ3n) is 4.04. The minimum atomic E-state index is -0.0257. The van der Waals surface area contributed by atoms with Crippen LogP contribution in [-0.2, 0) is 19.9 Å². The van der Waals surface area contributed by atoms with Crippen molar-refractivity contribution < 1.29 is 4.74 Å². The van der Waals surface area contributed by atoms with Crippen molar-refractivity contribution in [1.29, 1.82) is 0 Å². The second kappa shape index (κ2) is 5.35. The van der Waals surface area contributed by atoms with E-state index < -0.39 is 0 Å². The number of methoxy groups -OCH3 is 1. The molecule has 21 heavy (non-hydrogen) atoms. The van der Waals surface area contributed by atoms with Crippen LogP contribution in [-0.4, -0.2) is 26.9 Å². The minimum absolute atomic E-state index is 0.0257. The van der Waals surface area contributed by atoms with Crippen LogP contribution in [0.25, 0.3) is 11.4 Å². The molecule has 2 heterocycles. The number of aromatic nitrogens is 4. The van der Waals surface area contributed by atoms with Crippen molar-refractivity contribution in [2.45, 2.75) is 39.0 Å². The second-order valence-electron chi connectivity index (χ2n) is 5.49. The highest BCUT2D eigenvalue weighted by Gasteiger charge is 2.21. The van der Waals surface area contributed by atoms with Crippen LogP contribution < -0.4 is 10.3 Å². The molecular formula is C15H20N4O2. The highest BCUT2D eigenvalue weighted by Crippen LogP contribution is 2.30. The van der Waals surface area contributed by atoms with E-state index in [0.717, 1.165) is 54.6 Å². The molecule has 0 fully saturated rings. The van der Waals surface area contributed by atoms with Crippen molar-refractivity contribution in [3.05, 3.63) is 27.3 Å². The van der Waals surface area contributed by atoms with Crippen LogP contribution in [0.4, 0.5) is 0 Å². The lowest BCUT2D eigenvalue weighted by Crippen LogP contribution is -2.18. The summed E-state index contributed by atoms with van der Waals surface area (Å²) >= 11 is 0. The molecule has 112 valence electrons. The molecule has 6 heteroatoms. The average Bonchev–Trinajstić information content (AvgIpc) is 2.63. The highest BCUT2D eigenvalue weighted by atomic mass is 16.5. The van der Waals surface area contributed by atoms with Gasteiger partial charge in [-0.15, -0.1) is 0 Å². The van der Waals surface area contributed by atoms with Gasteiger partial charge in [-0.25, -0.2) is 9.67 Å². The monoisotopic (exact) mass is 288 g/mol. The molecule has 0 radical (unpaired) electrons. The number of nitrogens with one attached hydrogen (secondary N) is 1. The van der Waals surface area contributed by atoms with Gasteiger partial charge in [-0.05, 0) is 32.6 Å². The largest absolute Gasteiger partial charge is 0.481 e. The number of hydrogen-bond acceptors (Lipinski definition) is 4. The lowest BCUT2D eigenvalue weighted by Gasteiger charge is -2.08. The smallest absolute Gasteiger partial charge is 0.254 e. The molecule has 0 atom stereocenters. The molecule has 0 spiro atoms. The maximum atomic E-state index is 12.4. The van der Waals surface area contributed by atoms with Gasteiger partial charge in [0.2, 0.25) is 5.88 Å². The highest BCUT2D eigenvalue weighted by molar-refractivity contribution is 5.65. The van der Waals surface area contributed by atoms with Crippen molar-refractivity contribution in [1.82, 2.24) is 19.7 Å². The summed E-state index contributed by atoms with van der Waals surface area (Å²) in [6, 6.07) is 0. The van der Waals surface area contributed by atoms with E-state index in [1.54, 1.807) is 11.8 Å². The molecule has 1 aliphatic carbocycles. The van der Waals surface area contributed by atoms with E-state index in [2.05, 4.69) is 10.1 Å². The molecule has 6 nitrogen and oxygen atoms in total. The van der Waals surface area contributed by atoms with Crippen molar-refractivity contribution in [2.75, 3.05) is 7.11 Å². The molecule has 0 unspecified atom stereocenters. The van der Waals surface area contributed by atoms with Gasteiger partial charge < -0.3 is 9.72 Å². The molecule has 0 bridgehead atoms. The van der Waals surface area contributed by atoms with Gasteiger partial charge in [0.1, 0.15) is 11.4 Å². The molecule has 0 amide bonds.